The van der Waals surface area contributed by atoms with E-state index in [-0.39, 0.29) is 11.9 Å². The fraction of sp³-hybridized carbons (Fsp3) is 0.500. The van der Waals surface area contributed by atoms with Crippen molar-refractivity contribution in [1.82, 2.24) is 10.2 Å². The Balaban J connectivity index is 1.76. The highest BCUT2D eigenvalue weighted by atomic mass is 32.1. The van der Waals surface area contributed by atoms with Crippen molar-refractivity contribution in [2.24, 2.45) is 5.92 Å². The van der Waals surface area contributed by atoms with Crippen molar-refractivity contribution in [1.29, 1.82) is 0 Å². The van der Waals surface area contributed by atoms with Gasteiger partial charge in [-0.05, 0) is 43.3 Å². The molecule has 6 nitrogen and oxygen atoms in total. The molecule has 0 aliphatic carbocycles. The van der Waals surface area contributed by atoms with Gasteiger partial charge in [-0.2, -0.15) is 0 Å². The Morgan fingerprint density at radius 3 is 2.38 bits per heavy atom. The molecule has 2 aromatic rings. The highest BCUT2D eigenvalue weighted by Crippen LogP contribution is 2.35. The van der Waals surface area contributed by atoms with Crippen molar-refractivity contribution in [2.45, 2.75) is 25.8 Å². The number of likely N-dealkylation sites (tertiary alicyclic amines) is 1. The van der Waals surface area contributed by atoms with E-state index in [4.69, 9.17) is 14.2 Å². The number of nitrogens with one attached hydrogen (secondary N) is 1. The second-order valence-corrected chi connectivity index (χ2v) is 8.35. The summed E-state index contributed by atoms with van der Waals surface area (Å²) in [6.07, 6.45) is 2.39. The molecule has 3 rings (SSSR count). The molecule has 1 N–H and O–H groups in total. The van der Waals surface area contributed by atoms with E-state index in [2.05, 4.69) is 34.7 Å². The third-order valence-corrected chi connectivity index (χ3v) is 6.51. The summed E-state index contributed by atoms with van der Waals surface area (Å²) in [5, 5.41) is 5.20. The van der Waals surface area contributed by atoms with Gasteiger partial charge in [-0.1, -0.05) is 13.0 Å². The minimum atomic E-state index is -0.185. The zero-order chi connectivity index (χ0) is 20.8. The van der Waals surface area contributed by atoms with Gasteiger partial charge in [0.1, 0.15) is 5.75 Å². The molecule has 1 aliphatic heterocycles. The predicted octanol–water partition coefficient (Wildman–Crippen LogP) is 3.98. The van der Waals surface area contributed by atoms with Crippen LogP contribution >= 0.6 is 11.3 Å². The lowest BCUT2D eigenvalue weighted by Crippen LogP contribution is -2.41. The van der Waals surface area contributed by atoms with Gasteiger partial charge in [-0.3, -0.25) is 9.69 Å². The molecule has 1 aromatic heterocycles. The Bertz CT molecular complexity index is 801. The molecule has 158 valence electrons. The number of piperidine rings is 1. The Hall–Kier alpha value is -2.25. The molecular weight excluding hydrogens is 388 g/mol. The Labute approximate surface area is 176 Å². The number of carbonyl (C=O) groups excluding carboxylic acids is 1. The van der Waals surface area contributed by atoms with Crippen LogP contribution < -0.4 is 19.5 Å². The predicted molar refractivity (Wildman–Crippen MR) is 115 cm³/mol. The van der Waals surface area contributed by atoms with Crippen LogP contribution in [0.25, 0.3) is 0 Å². The van der Waals surface area contributed by atoms with Crippen LogP contribution in [0, 0.1) is 5.92 Å². The molecule has 0 saturated carbocycles. The first-order valence-corrected chi connectivity index (χ1v) is 10.8. The number of carbonyl (C=O) groups is 1. The third kappa shape index (κ3) is 5.03. The number of hydrogen-bond donors (Lipinski definition) is 1. The number of nitrogens with zero attached hydrogens (tertiary/aromatic N) is 1. The van der Waals surface area contributed by atoms with E-state index in [1.54, 1.807) is 44.8 Å². The van der Waals surface area contributed by atoms with Crippen LogP contribution in [0.5, 0.6) is 17.2 Å². The lowest BCUT2D eigenvalue weighted by atomic mass is 9.97. The van der Waals surface area contributed by atoms with Crippen molar-refractivity contribution in [2.75, 3.05) is 41.0 Å². The Morgan fingerprint density at radius 1 is 1.14 bits per heavy atom. The molecule has 2 heterocycles. The van der Waals surface area contributed by atoms with Gasteiger partial charge in [0, 0.05) is 23.6 Å². The summed E-state index contributed by atoms with van der Waals surface area (Å²) < 4.78 is 16.1. The van der Waals surface area contributed by atoms with Gasteiger partial charge in [-0.15, -0.1) is 11.3 Å². The van der Waals surface area contributed by atoms with E-state index in [1.165, 1.54) is 17.7 Å². The number of rotatable bonds is 8. The first-order valence-electron chi connectivity index (χ1n) is 9.93. The van der Waals surface area contributed by atoms with Gasteiger partial charge in [0.15, 0.2) is 11.5 Å². The van der Waals surface area contributed by atoms with Crippen LogP contribution in [0.15, 0.2) is 29.6 Å². The first kappa shape index (κ1) is 21.5. The van der Waals surface area contributed by atoms with E-state index in [0.717, 1.165) is 19.0 Å². The monoisotopic (exact) mass is 418 g/mol. The average molecular weight is 419 g/mol. The molecule has 1 amide bonds. The molecule has 1 unspecified atom stereocenters. The quantitative estimate of drug-likeness (QED) is 0.703. The molecule has 0 spiro atoms. The molecule has 1 aromatic carbocycles. The topological polar surface area (TPSA) is 60.0 Å². The Kier molecular flexibility index (Phi) is 7.39. The number of ether oxygens (including phenoxy) is 3. The fourth-order valence-electron chi connectivity index (χ4n) is 3.72. The minimum absolute atomic E-state index is 0.178. The molecule has 0 radical (unpaired) electrons. The van der Waals surface area contributed by atoms with E-state index in [9.17, 15) is 4.79 Å². The summed E-state index contributed by atoms with van der Waals surface area (Å²) in [5.74, 6) is 2.06. The largest absolute Gasteiger partial charge is 0.496 e. The van der Waals surface area contributed by atoms with Crippen molar-refractivity contribution in [3.8, 4) is 17.2 Å². The van der Waals surface area contributed by atoms with Gasteiger partial charge in [0.2, 0.25) is 0 Å². The summed E-state index contributed by atoms with van der Waals surface area (Å²) in [6, 6.07) is 7.74. The van der Waals surface area contributed by atoms with E-state index in [1.807, 2.05) is 0 Å². The summed E-state index contributed by atoms with van der Waals surface area (Å²) in [6.45, 7) is 4.96. The maximum absolute atomic E-state index is 13.0. The minimum Gasteiger partial charge on any atom is -0.496 e. The number of amides is 1. The average Bonchev–Trinajstić information content (AvgIpc) is 3.28. The second kappa shape index (κ2) is 9.98. The van der Waals surface area contributed by atoms with Crippen LogP contribution in [0.1, 0.15) is 41.0 Å². The van der Waals surface area contributed by atoms with E-state index >= 15 is 0 Å². The van der Waals surface area contributed by atoms with Crippen molar-refractivity contribution in [3.63, 3.8) is 0 Å². The van der Waals surface area contributed by atoms with E-state index in [0.29, 0.717) is 29.4 Å². The molecular formula is C22H30N2O4S. The van der Waals surface area contributed by atoms with Gasteiger partial charge in [0.25, 0.3) is 5.91 Å². The van der Waals surface area contributed by atoms with Gasteiger partial charge < -0.3 is 19.5 Å². The summed E-state index contributed by atoms with van der Waals surface area (Å²) in [4.78, 5) is 16.8. The SMILES string of the molecule is COc1cc(OC)c(C(=O)NCC(c2cccs2)N2CCC(C)CC2)cc1OC. The molecule has 0 bridgehead atoms. The van der Waals surface area contributed by atoms with Gasteiger partial charge >= 0.3 is 0 Å². The van der Waals surface area contributed by atoms with Crippen LogP contribution in [0.3, 0.4) is 0 Å². The van der Waals surface area contributed by atoms with Crippen molar-refractivity contribution >= 4 is 17.2 Å². The lowest BCUT2D eigenvalue weighted by Gasteiger charge is -2.36. The zero-order valence-electron chi connectivity index (χ0n) is 17.6. The highest BCUT2D eigenvalue weighted by molar-refractivity contribution is 7.10. The normalized spacial score (nSPS) is 16.3. The van der Waals surface area contributed by atoms with Crippen molar-refractivity contribution < 1.29 is 19.0 Å². The van der Waals surface area contributed by atoms with Crippen LogP contribution in [0.2, 0.25) is 0 Å². The number of thiophene rings is 1. The van der Waals surface area contributed by atoms with Crippen LogP contribution in [0.4, 0.5) is 0 Å². The second-order valence-electron chi connectivity index (χ2n) is 7.37. The van der Waals surface area contributed by atoms with E-state index < -0.39 is 0 Å². The molecule has 1 saturated heterocycles. The maximum atomic E-state index is 13.0. The summed E-state index contributed by atoms with van der Waals surface area (Å²) >= 11 is 1.74. The van der Waals surface area contributed by atoms with Crippen LogP contribution in [-0.2, 0) is 0 Å². The van der Waals surface area contributed by atoms with Gasteiger partial charge in [-0.25, -0.2) is 0 Å². The number of hydrogen-bond acceptors (Lipinski definition) is 6. The third-order valence-electron chi connectivity index (χ3n) is 5.54. The zero-order valence-corrected chi connectivity index (χ0v) is 18.4. The molecule has 1 fully saturated rings. The maximum Gasteiger partial charge on any atom is 0.255 e. The van der Waals surface area contributed by atoms with Crippen molar-refractivity contribution in [3.05, 3.63) is 40.1 Å². The molecule has 1 aliphatic rings. The van der Waals surface area contributed by atoms with Crippen LogP contribution in [-0.4, -0.2) is 51.8 Å². The number of benzene rings is 1. The standard InChI is InChI=1S/C22H30N2O4S/c1-15-7-9-24(10-8-15)17(21-6-5-11-29-21)14-23-22(25)16-12-19(27-3)20(28-4)13-18(16)26-2/h5-6,11-13,15,17H,7-10,14H2,1-4H3,(H,23,25). The molecule has 29 heavy (non-hydrogen) atoms. The highest BCUT2D eigenvalue weighted by Gasteiger charge is 2.26. The summed E-state index contributed by atoms with van der Waals surface area (Å²) in [5.41, 5.74) is 0.433. The summed E-state index contributed by atoms with van der Waals surface area (Å²) in [7, 11) is 4.65. The number of methoxy groups -OCH3 is 3. The smallest absolute Gasteiger partial charge is 0.255 e. The molecule has 1 atom stereocenters. The fourth-order valence-corrected chi connectivity index (χ4v) is 4.58. The molecule has 7 heteroatoms. The Morgan fingerprint density at radius 2 is 1.79 bits per heavy atom. The lowest BCUT2D eigenvalue weighted by molar-refractivity contribution is 0.0911. The van der Waals surface area contributed by atoms with Gasteiger partial charge in [0.05, 0.1) is 32.9 Å². The first-order chi connectivity index (χ1) is 14.1.